The van der Waals surface area contributed by atoms with E-state index in [4.69, 9.17) is 16.3 Å². The Morgan fingerprint density at radius 1 is 1.45 bits per heavy atom. The monoisotopic (exact) mass is 337 g/mol. The predicted octanol–water partition coefficient (Wildman–Crippen LogP) is 0.862. The third kappa shape index (κ3) is 4.19. The number of amides is 1. The molecule has 20 heavy (non-hydrogen) atoms. The van der Waals surface area contributed by atoms with E-state index in [2.05, 4.69) is 5.32 Å². The van der Waals surface area contributed by atoms with Crippen molar-refractivity contribution in [3.8, 4) is 0 Å². The molecule has 0 radical (unpaired) electrons. The van der Waals surface area contributed by atoms with E-state index in [-0.39, 0.29) is 11.5 Å². The van der Waals surface area contributed by atoms with Crippen molar-refractivity contribution in [3.63, 3.8) is 0 Å². The zero-order valence-electron chi connectivity index (χ0n) is 10.3. The predicted molar refractivity (Wildman–Crippen MR) is 74.8 cm³/mol. The van der Waals surface area contributed by atoms with Crippen LogP contribution in [0, 0.1) is 0 Å². The van der Waals surface area contributed by atoms with Gasteiger partial charge in [-0.3, -0.25) is 4.79 Å². The van der Waals surface area contributed by atoms with Gasteiger partial charge in [-0.05, 0) is 18.6 Å². The summed E-state index contributed by atoms with van der Waals surface area (Å²) in [6.45, 7) is -0.440. The molecule has 1 fully saturated rings. The van der Waals surface area contributed by atoms with E-state index in [0.29, 0.717) is 15.6 Å². The molecule has 0 unspecified atom stereocenters. The third-order valence-electron chi connectivity index (χ3n) is 2.71. The van der Waals surface area contributed by atoms with Crippen LogP contribution in [0.15, 0.2) is 12.1 Å². The number of hydrogen-bond donors (Lipinski definition) is 1. The lowest BCUT2D eigenvalue weighted by Gasteiger charge is -2.10. The average Bonchev–Trinajstić information content (AvgIpc) is 2.92. The van der Waals surface area contributed by atoms with Crippen molar-refractivity contribution in [1.29, 1.82) is 0 Å². The first-order valence-electron chi connectivity index (χ1n) is 5.78. The second-order valence-electron chi connectivity index (χ2n) is 4.35. The maximum atomic E-state index is 11.6. The highest BCUT2D eigenvalue weighted by Gasteiger charge is 2.29. The smallest absolute Gasteiger partial charge is 0.348 e. The molecule has 6 nitrogen and oxygen atoms in total. The number of nitrogens with one attached hydrogen (secondary N) is 1. The first-order chi connectivity index (χ1) is 9.35. The van der Waals surface area contributed by atoms with Crippen molar-refractivity contribution in [2.45, 2.75) is 12.5 Å². The van der Waals surface area contributed by atoms with E-state index >= 15 is 0 Å². The van der Waals surface area contributed by atoms with Crippen molar-refractivity contribution >= 4 is 44.7 Å². The van der Waals surface area contributed by atoms with Gasteiger partial charge in [-0.25, -0.2) is 13.2 Å². The average molecular weight is 338 g/mol. The van der Waals surface area contributed by atoms with E-state index in [9.17, 15) is 18.0 Å². The summed E-state index contributed by atoms with van der Waals surface area (Å²) in [7, 11) is -3.05. The van der Waals surface area contributed by atoms with Crippen molar-refractivity contribution in [1.82, 2.24) is 5.32 Å². The fourth-order valence-corrected chi connectivity index (χ4v) is 4.41. The molecule has 2 heterocycles. The Bertz CT molecular complexity index is 625. The second kappa shape index (κ2) is 6.11. The lowest BCUT2D eigenvalue weighted by atomic mass is 10.2. The molecule has 1 aliphatic rings. The molecule has 1 N–H and O–H groups in total. The van der Waals surface area contributed by atoms with Crippen LogP contribution in [0.1, 0.15) is 16.1 Å². The van der Waals surface area contributed by atoms with Gasteiger partial charge >= 0.3 is 5.97 Å². The Hall–Kier alpha value is -1.12. The standard InChI is InChI=1S/C11H12ClNO5S2/c12-9-2-1-8(19-9)11(15)18-5-10(14)13-7-3-4-20(16,17)6-7/h1-2,7H,3-6H2,(H,13,14)/t7-/m1/s1. The Morgan fingerprint density at radius 3 is 2.75 bits per heavy atom. The molecule has 2 rings (SSSR count). The number of carbonyl (C=O) groups is 2. The Balaban J connectivity index is 1.77. The largest absolute Gasteiger partial charge is 0.451 e. The van der Waals surface area contributed by atoms with Gasteiger partial charge in [0.15, 0.2) is 16.4 Å². The lowest BCUT2D eigenvalue weighted by molar-refractivity contribution is -0.124. The van der Waals surface area contributed by atoms with Crippen LogP contribution >= 0.6 is 22.9 Å². The summed E-state index contributed by atoms with van der Waals surface area (Å²) in [5.41, 5.74) is 0. The van der Waals surface area contributed by atoms with E-state index in [1.54, 1.807) is 6.07 Å². The van der Waals surface area contributed by atoms with Crippen LogP contribution in [0.3, 0.4) is 0 Å². The maximum Gasteiger partial charge on any atom is 0.348 e. The molecule has 110 valence electrons. The van der Waals surface area contributed by atoms with Gasteiger partial charge in [0.25, 0.3) is 5.91 Å². The van der Waals surface area contributed by atoms with Gasteiger partial charge in [0.1, 0.15) is 4.88 Å². The molecule has 1 aliphatic heterocycles. The Kier molecular flexibility index (Phi) is 4.66. The van der Waals surface area contributed by atoms with Gasteiger partial charge in [-0.1, -0.05) is 11.6 Å². The van der Waals surface area contributed by atoms with Crippen molar-refractivity contribution in [2.75, 3.05) is 18.1 Å². The van der Waals surface area contributed by atoms with E-state index in [1.165, 1.54) is 6.07 Å². The molecule has 0 aliphatic carbocycles. The number of esters is 1. The summed E-state index contributed by atoms with van der Waals surface area (Å²) < 4.78 is 27.7. The van der Waals surface area contributed by atoms with Gasteiger partial charge in [0, 0.05) is 6.04 Å². The molecule has 0 bridgehead atoms. The summed E-state index contributed by atoms with van der Waals surface area (Å²) in [6, 6.07) is 2.67. The summed E-state index contributed by atoms with van der Waals surface area (Å²) in [5, 5.41) is 2.53. The molecule has 9 heteroatoms. The first kappa shape index (κ1) is 15.3. The minimum Gasteiger partial charge on any atom is -0.451 e. The molecule has 1 amide bonds. The highest BCUT2D eigenvalue weighted by Crippen LogP contribution is 2.21. The third-order valence-corrected chi connectivity index (χ3v) is 5.69. The van der Waals surface area contributed by atoms with Crippen LogP contribution in [-0.4, -0.2) is 44.4 Å². The van der Waals surface area contributed by atoms with Crippen LogP contribution in [0.2, 0.25) is 4.34 Å². The summed E-state index contributed by atoms with van der Waals surface area (Å²) in [5.74, 6) is -1.13. The van der Waals surface area contributed by atoms with Gasteiger partial charge < -0.3 is 10.1 Å². The number of thiophene rings is 1. The highest BCUT2D eigenvalue weighted by molar-refractivity contribution is 7.91. The molecular weight excluding hydrogens is 326 g/mol. The van der Waals surface area contributed by atoms with Crippen LogP contribution < -0.4 is 5.32 Å². The van der Waals surface area contributed by atoms with Crippen molar-refractivity contribution in [3.05, 3.63) is 21.3 Å². The zero-order chi connectivity index (χ0) is 14.8. The maximum absolute atomic E-state index is 11.6. The molecule has 1 aromatic heterocycles. The minimum absolute atomic E-state index is 0.0623. The van der Waals surface area contributed by atoms with Crippen molar-refractivity contribution < 1.29 is 22.7 Å². The normalized spacial score (nSPS) is 20.6. The molecule has 1 aromatic rings. The highest BCUT2D eigenvalue weighted by atomic mass is 35.5. The molecule has 0 saturated carbocycles. The first-order valence-corrected chi connectivity index (χ1v) is 8.79. The van der Waals surface area contributed by atoms with Crippen LogP contribution in [0.25, 0.3) is 0 Å². The van der Waals surface area contributed by atoms with Crippen molar-refractivity contribution in [2.24, 2.45) is 0 Å². The van der Waals surface area contributed by atoms with Gasteiger partial charge in [0.2, 0.25) is 0 Å². The fraction of sp³-hybridized carbons (Fsp3) is 0.455. The molecule has 1 atom stereocenters. The number of carbonyl (C=O) groups excluding carboxylic acids is 2. The van der Waals surface area contributed by atoms with E-state index < -0.39 is 34.4 Å². The number of rotatable bonds is 4. The van der Waals surface area contributed by atoms with Gasteiger partial charge in [-0.2, -0.15) is 0 Å². The fourth-order valence-electron chi connectivity index (χ4n) is 1.80. The number of sulfone groups is 1. The number of ether oxygens (including phenoxy) is 1. The summed E-state index contributed by atoms with van der Waals surface area (Å²) in [6.07, 6.45) is 0.391. The zero-order valence-corrected chi connectivity index (χ0v) is 12.7. The number of hydrogen-bond acceptors (Lipinski definition) is 6. The van der Waals surface area contributed by atoms with Crippen LogP contribution in [0.4, 0.5) is 0 Å². The number of halogens is 1. The topological polar surface area (TPSA) is 89.5 Å². The summed E-state index contributed by atoms with van der Waals surface area (Å²) in [4.78, 5) is 23.4. The molecule has 1 saturated heterocycles. The second-order valence-corrected chi connectivity index (χ2v) is 8.29. The van der Waals surface area contributed by atoms with E-state index in [0.717, 1.165) is 11.3 Å². The van der Waals surface area contributed by atoms with Crippen LogP contribution in [-0.2, 0) is 19.4 Å². The van der Waals surface area contributed by atoms with Gasteiger partial charge in [-0.15, -0.1) is 11.3 Å². The van der Waals surface area contributed by atoms with Crippen LogP contribution in [0.5, 0.6) is 0 Å². The summed E-state index contributed by atoms with van der Waals surface area (Å²) >= 11 is 6.74. The lowest BCUT2D eigenvalue weighted by Crippen LogP contribution is -2.38. The quantitative estimate of drug-likeness (QED) is 0.823. The van der Waals surface area contributed by atoms with Gasteiger partial charge in [0.05, 0.1) is 15.8 Å². The Labute approximate surface area is 125 Å². The van der Waals surface area contributed by atoms with E-state index in [1.807, 2.05) is 0 Å². The minimum atomic E-state index is -3.05. The molecule has 0 aromatic carbocycles. The molecule has 0 spiro atoms. The SMILES string of the molecule is O=C(COC(=O)c1ccc(Cl)s1)N[C@@H]1CCS(=O)(=O)C1. The Morgan fingerprint density at radius 2 is 2.20 bits per heavy atom. The molecular formula is C11H12ClNO5S2.